The SMILES string of the molecule is CN1CCCC(N2CCN(C(=O)CCNS(=O)(=O)c3ccc(F)cc3)CC2)C1. The Morgan fingerprint density at radius 1 is 1.14 bits per heavy atom. The number of sulfonamides is 1. The minimum atomic E-state index is -3.73. The molecule has 1 atom stereocenters. The zero-order chi connectivity index (χ0) is 20.1. The second-order valence-corrected chi connectivity index (χ2v) is 9.34. The number of likely N-dealkylation sites (N-methyl/N-ethyl adjacent to an activating group) is 1. The van der Waals surface area contributed by atoms with Crippen molar-refractivity contribution in [3.63, 3.8) is 0 Å². The molecule has 2 saturated heterocycles. The van der Waals surface area contributed by atoms with Gasteiger partial charge in [0.15, 0.2) is 0 Å². The standard InChI is InChI=1S/C19H29FN4O3S/c1-22-10-2-3-17(15-22)23-11-13-24(14-12-23)19(25)8-9-21-28(26,27)18-6-4-16(20)5-7-18/h4-7,17,21H,2-3,8-15H2,1H3. The lowest BCUT2D eigenvalue weighted by Gasteiger charge is -2.42. The lowest BCUT2D eigenvalue weighted by molar-refractivity contribution is -0.133. The number of benzene rings is 1. The normalized spacial score (nSPS) is 22.4. The van der Waals surface area contributed by atoms with E-state index in [1.165, 1.54) is 25.0 Å². The first kappa shape index (κ1) is 21.2. The Morgan fingerprint density at radius 2 is 1.82 bits per heavy atom. The van der Waals surface area contributed by atoms with Crippen molar-refractivity contribution in [3.05, 3.63) is 30.1 Å². The number of hydrogen-bond acceptors (Lipinski definition) is 5. The van der Waals surface area contributed by atoms with E-state index in [1.807, 2.05) is 4.90 Å². The highest BCUT2D eigenvalue weighted by molar-refractivity contribution is 7.89. The number of nitrogens with one attached hydrogen (secondary N) is 1. The molecule has 2 aliphatic rings. The average molecular weight is 413 g/mol. The fraction of sp³-hybridized carbons (Fsp3) is 0.632. The van der Waals surface area contributed by atoms with Gasteiger partial charge >= 0.3 is 0 Å². The number of carbonyl (C=O) groups excluding carboxylic acids is 1. The molecule has 2 heterocycles. The molecule has 0 radical (unpaired) electrons. The van der Waals surface area contributed by atoms with Crippen LogP contribution < -0.4 is 4.72 Å². The van der Waals surface area contributed by atoms with Crippen LogP contribution in [0.3, 0.4) is 0 Å². The van der Waals surface area contributed by atoms with E-state index in [1.54, 1.807) is 0 Å². The Morgan fingerprint density at radius 3 is 2.46 bits per heavy atom. The summed E-state index contributed by atoms with van der Waals surface area (Å²) in [5.74, 6) is -0.532. The van der Waals surface area contributed by atoms with Gasteiger partial charge in [-0.25, -0.2) is 17.5 Å². The van der Waals surface area contributed by atoms with Crippen LogP contribution >= 0.6 is 0 Å². The first-order chi connectivity index (χ1) is 13.3. The maximum absolute atomic E-state index is 12.9. The van der Waals surface area contributed by atoms with E-state index in [0.717, 1.165) is 38.3 Å². The number of amides is 1. The fourth-order valence-corrected chi connectivity index (χ4v) is 4.95. The molecule has 0 aromatic heterocycles. The van der Waals surface area contributed by atoms with Crippen molar-refractivity contribution < 1.29 is 17.6 Å². The van der Waals surface area contributed by atoms with E-state index >= 15 is 0 Å². The van der Waals surface area contributed by atoms with Crippen molar-refractivity contribution in [2.24, 2.45) is 0 Å². The van der Waals surface area contributed by atoms with Gasteiger partial charge in [-0.3, -0.25) is 9.69 Å². The zero-order valence-electron chi connectivity index (χ0n) is 16.3. The van der Waals surface area contributed by atoms with Gasteiger partial charge in [0.05, 0.1) is 4.90 Å². The third-order valence-electron chi connectivity index (χ3n) is 5.54. The Labute approximate surface area is 166 Å². The van der Waals surface area contributed by atoms with Crippen LogP contribution in [-0.2, 0) is 14.8 Å². The molecule has 0 bridgehead atoms. The van der Waals surface area contributed by atoms with Gasteiger partial charge in [-0.1, -0.05) is 0 Å². The largest absolute Gasteiger partial charge is 0.340 e. The summed E-state index contributed by atoms with van der Waals surface area (Å²) < 4.78 is 39.7. The third-order valence-corrected chi connectivity index (χ3v) is 7.01. The van der Waals surface area contributed by atoms with Crippen LogP contribution in [0, 0.1) is 5.82 Å². The Hall–Kier alpha value is -1.55. The molecule has 1 N–H and O–H groups in total. The van der Waals surface area contributed by atoms with Crippen LogP contribution in [0.1, 0.15) is 19.3 Å². The van der Waals surface area contributed by atoms with Gasteiger partial charge in [0.25, 0.3) is 0 Å². The van der Waals surface area contributed by atoms with Crippen molar-refractivity contribution >= 4 is 15.9 Å². The summed E-state index contributed by atoms with van der Waals surface area (Å²) in [6.07, 6.45) is 2.55. The van der Waals surface area contributed by atoms with Gasteiger partial charge in [-0.05, 0) is 50.7 Å². The summed E-state index contributed by atoms with van der Waals surface area (Å²) in [4.78, 5) is 19.1. The predicted octanol–water partition coefficient (Wildman–Crippen LogP) is 0.733. The second-order valence-electron chi connectivity index (χ2n) is 7.58. The predicted molar refractivity (Wildman–Crippen MR) is 105 cm³/mol. The topological polar surface area (TPSA) is 73.0 Å². The number of hydrogen-bond donors (Lipinski definition) is 1. The molecule has 156 valence electrons. The molecule has 2 fully saturated rings. The van der Waals surface area contributed by atoms with E-state index < -0.39 is 15.8 Å². The Balaban J connectivity index is 1.41. The number of rotatable bonds is 6. The van der Waals surface area contributed by atoms with Gasteiger partial charge in [0.1, 0.15) is 5.82 Å². The number of carbonyl (C=O) groups is 1. The van der Waals surface area contributed by atoms with E-state index in [4.69, 9.17) is 0 Å². The van der Waals surface area contributed by atoms with Crippen molar-refractivity contribution in [1.29, 1.82) is 0 Å². The van der Waals surface area contributed by atoms with Crippen LogP contribution in [0.15, 0.2) is 29.2 Å². The number of piperidine rings is 1. The lowest BCUT2D eigenvalue weighted by Crippen LogP contribution is -2.55. The molecular weight excluding hydrogens is 383 g/mol. The number of likely N-dealkylation sites (tertiary alicyclic amines) is 1. The van der Waals surface area contributed by atoms with Crippen LogP contribution in [0.4, 0.5) is 4.39 Å². The smallest absolute Gasteiger partial charge is 0.240 e. The minimum absolute atomic E-state index is 0.00702. The van der Waals surface area contributed by atoms with Crippen LogP contribution in [0.2, 0.25) is 0 Å². The monoisotopic (exact) mass is 412 g/mol. The van der Waals surface area contributed by atoms with Gasteiger partial charge in [0, 0.05) is 51.7 Å². The highest BCUT2D eigenvalue weighted by Crippen LogP contribution is 2.17. The molecule has 0 aliphatic carbocycles. The van der Waals surface area contributed by atoms with Crippen molar-refractivity contribution in [3.8, 4) is 0 Å². The maximum atomic E-state index is 12.9. The molecule has 9 heteroatoms. The molecule has 2 aliphatic heterocycles. The maximum Gasteiger partial charge on any atom is 0.240 e. The van der Waals surface area contributed by atoms with E-state index in [0.29, 0.717) is 19.1 Å². The number of halogens is 1. The second kappa shape index (κ2) is 9.30. The quantitative estimate of drug-likeness (QED) is 0.746. The summed E-state index contributed by atoms with van der Waals surface area (Å²) in [5, 5.41) is 0. The van der Waals surface area contributed by atoms with Gasteiger partial charge < -0.3 is 9.80 Å². The summed E-state index contributed by atoms with van der Waals surface area (Å²) in [7, 11) is -1.58. The lowest BCUT2D eigenvalue weighted by atomic mass is 10.0. The summed E-state index contributed by atoms with van der Waals surface area (Å²) in [5.41, 5.74) is 0. The molecule has 7 nitrogen and oxygen atoms in total. The van der Waals surface area contributed by atoms with Gasteiger partial charge in [-0.15, -0.1) is 0 Å². The first-order valence-electron chi connectivity index (χ1n) is 9.81. The average Bonchev–Trinajstić information content (AvgIpc) is 2.68. The third kappa shape index (κ3) is 5.50. The van der Waals surface area contributed by atoms with E-state index in [-0.39, 0.29) is 23.8 Å². The Bertz CT molecular complexity index is 764. The number of nitrogens with zero attached hydrogens (tertiary/aromatic N) is 3. The summed E-state index contributed by atoms with van der Waals surface area (Å²) >= 11 is 0. The zero-order valence-corrected chi connectivity index (χ0v) is 17.1. The molecule has 0 saturated carbocycles. The minimum Gasteiger partial charge on any atom is -0.340 e. The number of piperazine rings is 1. The van der Waals surface area contributed by atoms with Crippen LogP contribution in [-0.4, -0.2) is 87.9 Å². The van der Waals surface area contributed by atoms with Crippen molar-refractivity contribution in [1.82, 2.24) is 19.4 Å². The van der Waals surface area contributed by atoms with Gasteiger partial charge in [-0.2, -0.15) is 0 Å². The van der Waals surface area contributed by atoms with Crippen molar-refractivity contribution in [2.75, 3.05) is 52.9 Å². The van der Waals surface area contributed by atoms with Crippen molar-refractivity contribution in [2.45, 2.75) is 30.2 Å². The molecular formula is C19H29FN4O3S. The van der Waals surface area contributed by atoms with Gasteiger partial charge in [0.2, 0.25) is 15.9 Å². The summed E-state index contributed by atoms with van der Waals surface area (Å²) in [6.45, 7) is 5.37. The first-order valence-corrected chi connectivity index (χ1v) is 11.3. The molecule has 1 aromatic rings. The molecule has 1 amide bonds. The molecule has 28 heavy (non-hydrogen) atoms. The highest BCUT2D eigenvalue weighted by Gasteiger charge is 2.28. The van der Waals surface area contributed by atoms with E-state index in [2.05, 4.69) is 21.6 Å². The van der Waals surface area contributed by atoms with Crippen LogP contribution in [0.5, 0.6) is 0 Å². The fourth-order valence-electron chi connectivity index (χ4n) is 3.92. The molecule has 3 rings (SSSR count). The molecule has 1 unspecified atom stereocenters. The summed E-state index contributed by atoms with van der Waals surface area (Å²) in [6, 6.07) is 5.19. The molecule has 1 aromatic carbocycles. The van der Waals surface area contributed by atoms with E-state index in [9.17, 15) is 17.6 Å². The molecule has 0 spiro atoms. The van der Waals surface area contributed by atoms with Crippen LogP contribution in [0.25, 0.3) is 0 Å². The highest BCUT2D eigenvalue weighted by atomic mass is 32.2. The Kier molecular flexibility index (Phi) is 7.03.